The summed E-state index contributed by atoms with van der Waals surface area (Å²) in [5.41, 5.74) is 2.51. The Bertz CT molecular complexity index is 675. The van der Waals surface area contributed by atoms with Crippen LogP contribution in [0.3, 0.4) is 0 Å². The highest BCUT2D eigenvalue weighted by Gasteiger charge is 2.33. The predicted octanol–water partition coefficient (Wildman–Crippen LogP) is 7.18. The zero-order valence-electron chi connectivity index (χ0n) is 17.4. The molecule has 0 bridgehead atoms. The Morgan fingerprint density at radius 3 is 2.46 bits per heavy atom. The van der Waals surface area contributed by atoms with E-state index in [9.17, 15) is 4.39 Å². The van der Waals surface area contributed by atoms with Gasteiger partial charge < -0.3 is 4.74 Å². The van der Waals surface area contributed by atoms with Gasteiger partial charge in [-0.1, -0.05) is 69.0 Å². The van der Waals surface area contributed by atoms with Crippen LogP contribution in [0.25, 0.3) is 0 Å². The molecule has 1 aromatic rings. The lowest BCUT2D eigenvalue weighted by Gasteiger charge is -2.37. The molecule has 1 saturated carbocycles. The largest absolute Gasteiger partial charge is 0.374 e. The number of nitrogens with zero attached hydrogens (tertiary/aromatic N) is 1. The number of hydrogen-bond acceptors (Lipinski definition) is 2. The van der Waals surface area contributed by atoms with Crippen molar-refractivity contribution in [3.63, 3.8) is 0 Å². The Morgan fingerprint density at radius 1 is 1.18 bits per heavy atom. The average molecular weight is 384 g/mol. The summed E-state index contributed by atoms with van der Waals surface area (Å²) in [6.45, 7) is 2.25. The first-order chi connectivity index (χ1) is 13.6. The number of methoxy groups -OCH3 is 1. The molecule has 0 aromatic heterocycles. The molecule has 1 aliphatic carbocycles. The van der Waals surface area contributed by atoms with E-state index in [2.05, 4.69) is 31.2 Å². The molecule has 2 rings (SSSR count). The van der Waals surface area contributed by atoms with Gasteiger partial charge in [-0.3, -0.25) is 0 Å². The maximum absolute atomic E-state index is 13.0. The highest BCUT2D eigenvalue weighted by atomic mass is 19.1. The molecule has 0 heterocycles. The first-order valence-electron chi connectivity index (χ1n) is 10.7. The van der Waals surface area contributed by atoms with Crippen molar-refractivity contribution in [2.75, 3.05) is 7.11 Å². The first-order valence-corrected chi connectivity index (χ1v) is 10.7. The number of nitriles is 1. The third-order valence-electron chi connectivity index (χ3n) is 6.01. The lowest BCUT2D eigenvalue weighted by Crippen LogP contribution is -2.33. The van der Waals surface area contributed by atoms with Gasteiger partial charge in [0, 0.05) is 7.11 Å². The number of benzene rings is 1. The number of hydrogen-bond donors (Lipinski definition) is 0. The first kappa shape index (κ1) is 22.4. The molecule has 1 aromatic carbocycles. The standard InChI is InChI=1S/C25H34FNO/c1-3-4-5-6-7-9-21-11-13-22(14-12-21)23-15-18-25(28-2,19-16-23)17-8-10-24(26)20-27/h8,10-14,17,23H,3-7,9,15-16,18-19H2,1-2H3. The van der Waals surface area contributed by atoms with Gasteiger partial charge in [0.25, 0.3) is 0 Å². The molecule has 28 heavy (non-hydrogen) atoms. The van der Waals surface area contributed by atoms with Crippen LogP contribution in [0.15, 0.2) is 48.3 Å². The van der Waals surface area contributed by atoms with Crippen molar-refractivity contribution in [1.82, 2.24) is 0 Å². The molecule has 0 radical (unpaired) electrons. The smallest absolute Gasteiger partial charge is 0.199 e. The molecule has 0 N–H and O–H groups in total. The van der Waals surface area contributed by atoms with E-state index in [1.165, 1.54) is 61.8 Å². The highest BCUT2D eigenvalue weighted by Crippen LogP contribution is 2.40. The van der Waals surface area contributed by atoms with Gasteiger partial charge in [-0.25, -0.2) is 0 Å². The Kier molecular flexibility index (Phi) is 9.44. The third kappa shape index (κ3) is 6.91. The van der Waals surface area contributed by atoms with Crippen LogP contribution in [0.1, 0.15) is 81.8 Å². The molecule has 0 spiro atoms. The molecular formula is C25H34FNO. The third-order valence-corrected chi connectivity index (χ3v) is 6.01. The van der Waals surface area contributed by atoms with E-state index >= 15 is 0 Å². The fraction of sp³-hybridized carbons (Fsp3) is 0.560. The Labute approximate surface area is 170 Å². The second kappa shape index (κ2) is 11.8. The Hall–Kier alpha value is -1.92. The zero-order valence-corrected chi connectivity index (χ0v) is 17.4. The van der Waals surface area contributed by atoms with Crippen molar-refractivity contribution < 1.29 is 9.13 Å². The Morgan fingerprint density at radius 2 is 1.86 bits per heavy atom. The molecule has 0 unspecified atom stereocenters. The molecule has 1 fully saturated rings. The number of halogens is 1. The van der Waals surface area contributed by atoms with Gasteiger partial charge >= 0.3 is 0 Å². The normalized spacial score (nSPS) is 23.1. The number of rotatable bonds is 10. The van der Waals surface area contributed by atoms with Gasteiger partial charge in [0.2, 0.25) is 0 Å². The molecule has 3 heteroatoms. The fourth-order valence-electron chi connectivity index (χ4n) is 4.11. The minimum atomic E-state index is -0.776. The van der Waals surface area contributed by atoms with Gasteiger partial charge in [0.15, 0.2) is 5.83 Å². The van der Waals surface area contributed by atoms with Crippen LogP contribution >= 0.6 is 0 Å². The molecule has 0 saturated heterocycles. The molecule has 0 aliphatic heterocycles. The maximum atomic E-state index is 13.0. The lowest BCUT2D eigenvalue weighted by atomic mass is 9.75. The van der Waals surface area contributed by atoms with Crippen molar-refractivity contribution in [3.8, 4) is 6.07 Å². The van der Waals surface area contributed by atoms with E-state index in [0.29, 0.717) is 5.92 Å². The topological polar surface area (TPSA) is 33.0 Å². The second-order valence-corrected chi connectivity index (χ2v) is 7.93. The minimum absolute atomic E-state index is 0.346. The maximum Gasteiger partial charge on any atom is 0.199 e. The molecule has 1 aliphatic rings. The molecule has 0 atom stereocenters. The fourth-order valence-corrected chi connectivity index (χ4v) is 4.11. The SMILES string of the molecule is CCCCCCCc1ccc(C2CCC(C=CC=C(F)C#N)(OC)CC2)cc1. The van der Waals surface area contributed by atoms with Gasteiger partial charge in [-0.2, -0.15) is 9.65 Å². The summed E-state index contributed by atoms with van der Waals surface area (Å²) in [5.74, 6) is -0.219. The molecule has 152 valence electrons. The van der Waals surface area contributed by atoms with Crippen molar-refractivity contribution in [3.05, 3.63) is 59.4 Å². The molecular weight excluding hydrogens is 349 g/mol. The Balaban J connectivity index is 1.85. The second-order valence-electron chi connectivity index (χ2n) is 7.93. The van der Waals surface area contributed by atoms with Gasteiger partial charge in [-0.15, -0.1) is 0 Å². The summed E-state index contributed by atoms with van der Waals surface area (Å²) in [6, 6.07) is 10.7. The lowest BCUT2D eigenvalue weighted by molar-refractivity contribution is -0.00220. The summed E-state index contributed by atoms with van der Waals surface area (Å²) in [4.78, 5) is 0. The van der Waals surface area contributed by atoms with Crippen LogP contribution in [0.2, 0.25) is 0 Å². The number of allylic oxidation sites excluding steroid dienone is 3. The number of aryl methyl sites for hydroxylation is 1. The van der Waals surface area contributed by atoms with Crippen LogP contribution in [-0.2, 0) is 11.2 Å². The summed E-state index contributed by atoms with van der Waals surface area (Å²) in [6.07, 6.45) is 16.4. The quantitative estimate of drug-likeness (QED) is 0.244. The molecule has 2 nitrogen and oxygen atoms in total. The highest BCUT2D eigenvalue weighted by molar-refractivity contribution is 5.27. The van der Waals surface area contributed by atoms with E-state index in [1.807, 2.05) is 6.08 Å². The number of unbranched alkanes of at least 4 members (excludes halogenated alkanes) is 4. The summed E-state index contributed by atoms with van der Waals surface area (Å²) in [7, 11) is 1.71. The van der Waals surface area contributed by atoms with Crippen LogP contribution < -0.4 is 0 Å². The van der Waals surface area contributed by atoms with Crippen molar-refractivity contribution in [1.29, 1.82) is 5.26 Å². The summed E-state index contributed by atoms with van der Waals surface area (Å²) in [5, 5.41) is 8.50. The van der Waals surface area contributed by atoms with Gasteiger partial charge in [0.05, 0.1) is 5.60 Å². The van der Waals surface area contributed by atoms with Crippen molar-refractivity contribution in [2.24, 2.45) is 0 Å². The number of ether oxygens (including phenoxy) is 1. The van der Waals surface area contributed by atoms with Crippen LogP contribution in [0.5, 0.6) is 0 Å². The zero-order chi connectivity index (χ0) is 20.2. The van der Waals surface area contributed by atoms with Gasteiger partial charge in [0.1, 0.15) is 6.07 Å². The van der Waals surface area contributed by atoms with E-state index in [1.54, 1.807) is 13.2 Å². The molecule has 0 amide bonds. The van der Waals surface area contributed by atoms with Crippen LogP contribution in [0.4, 0.5) is 4.39 Å². The van der Waals surface area contributed by atoms with Crippen molar-refractivity contribution >= 4 is 0 Å². The van der Waals surface area contributed by atoms with Crippen LogP contribution in [-0.4, -0.2) is 12.7 Å². The van der Waals surface area contributed by atoms with Crippen LogP contribution in [0, 0.1) is 11.3 Å². The van der Waals surface area contributed by atoms with Gasteiger partial charge in [-0.05, 0) is 61.6 Å². The predicted molar refractivity (Wildman–Crippen MR) is 114 cm³/mol. The van der Waals surface area contributed by atoms with E-state index < -0.39 is 5.83 Å². The van der Waals surface area contributed by atoms with E-state index in [0.717, 1.165) is 25.7 Å². The monoisotopic (exact) mass is 383 g/mol. The average Bonchev–Trinajstić information content (AvgIpc) is 2.74. The van der Waals surface area contributed by atoms with E-state index in [-0.39, 0.29) is 5.60 Å². The summed E-state index contributed by atoms with van der Waals surface area (Å²) >= 11 is 0. The summed E-state index contributed by atoms with van der Waals surface area (Å²) < 4.78 is 18.7. The van der Waals surface area contributed by atoms with E-state index in [4.69, 9.17) is 10.00 Å². The minimum Gasteiger partial charge on any atom is -0.374 e. The van der Waals surface area contributed by atoms with Crippen molar-refractivity contribution in [2.45, 2.75) is 82.7 Å².